The highest BCUT2D eigenvalue weighted by Crippen LogP contribution is 2.21. The number of piperazine rings is 1. The molecule has 0 unspecified atom stereocenters. The van der Waals surface area contributed by atoms with E-state index in [1.165, 1.54) is 0 Å². The molecule has 3 nitrogen and oxygen atoms in total. The van der Waals surface area contributed by atoms with Crippen molar-refractivity contribution in [2.75, 3.05) is 13.1 Å². The summed E-state index contributed by atoms with van der Waals surface area (Å²) >= 11 is 0. The Labute approximate surface area is 93.2 Å². The lowest BCUT2D eigenvalue weighted by molar-refractivity contribution is -0.137. The summed E-state index contributed by atoms with van der Waals surface area (Å²) in [7, 11) is 0. The molecule has 0 spiro atoms. The number of carbonyl (C=O) groups is 1. The summed E-state index contributed by atoms with van der Waals surface area (Å²) < 4.78 is 0. The molecule has 1 fully saturated rings. The van der Waals surface area contributed by atoms with Gasteiger partial charge in [-0.05, 0) is 11.8 Å². The largest absolute Gasteiger partial charge is 0.334 e. The van der Waals surface area contributed by atoms with Crippen LogP contribution in [0.2, 0.25) is 0 Å². The number of carbonyl (C=O) groups excluding carboxylic acids is 1. The minimum Gasteiger partial charge on any atom is -0.334 e. The third-order valence-electron chi connectivity index (χ3n) is 3.32. The zero-order valence-electron chi connectivity index (χ0n) is 10.6. The predicted octanol–water partition coefficient (Wildman–Crippen LogP) is 1.49. The quantitative estimate of drug-likeness (QED) is 0.752. The van der Waals surface area contributed by atoms with Crippen LogP contribution in [0.4, 0.5) is 0 Å². The molecule has 1 heterocycles. The summed E-state index contributed by atoms with van der Waals surface area (Å²) in [5.74, 6) is 1.25. The molecule has 0 aromatic carbocycles. The normalized spacial score (nSPS) is 27.5. The number of amides is 1. The first-order valence-electron chi connectivity index (χ1n) is 5.94. The van der Waals surface area contributed by atoms with Crippen LogP contribution >= 0.6 is 0 Å². The van der Waals surface area contributed by atoms with Gasteiger partial charge in [0.2, 0.25) is 5.91 Å². The maximum absolute atomic E-state index is 11.7. The monoisotopic (exact) mass is 212 g/mol. The molecular formula is C12H24N2O. The van der Waals surface area contributed by atoms with Gasteiger partial charge >= 0.3 is 0 Å². The molecular weight excluding hydrogens is 188 g/mol. The zero-order chi connectivity index (χ0) is 11.6. The smallest absolute Gasteiger partial charge is 0.220 e. The van der Waals surface area contributed by atoms with Crippen molar-refractivity contribution in [3.8, 4) is 0 Å². The van der Waals surface area contributed by atoms with Crippen LogP contribution in [0.25, 0.3) is 0 Å². The summed E-state index contributed by atoms with van der Waals surface area (Å²) in [6.07, 6.45) is 0. The van der Waals surface area contributed by atoms with Gasteiger partial charge in [0.05, 0.1) is 0 Å². The average molecular weight is 212 g/mol. The van der Waals surface area contributed by atoms with Crippen LogP contribution in [-0.4, -0.2) is 36.0 Å². The fourth-order valence-electron chi connectivity index (χ4n) is 2.40. The van der Waals surface area contributed by atoms with Crippen LogP contribution in [0.15, 0.2) is 0 Å². The topological polar surface area (TPSA) is 32.3 Å². The second kappa shape index (κ2) is 4.97. The van der Waals surface area contributed by atoms with E-state index in [1.807, 2.05) is 0 Å². The molecule has 1 amide bonds. The van der Waals surface area contributed by atoms with E-state index in [2.05, 4.69) is 37.9 Å². The van der Waals surface area contributed by atoms with Gasteiger partial charge in [-0.15, -0.1) is 0 Å². The van der Waals surface area contributed by atoms with Gasteiger partial charge in [-0.1, -0.05) is 27.7 Å². The van der Waals surface area contributed by atoms with E-state index in [1.54, 1.807) is 6.92 Å². The van der Waals surface area contributed by atoms with Crippen LogP contribution in [0.3, 0.4) is 0 Å². The Morgan fingerprint density at radius 2 is 1.53 bits per heavy atom. The lowest BCUT2D eigenvalue weighted by Gasteiger charge is -2.45. The van der Waals surface area contributed by atoms with Crippen LogP contribution in [0.5, 0.6) is 0 Å². The molecule has 0 bridgehead atoms. The zero-order valence-corrected chi connectivity index (χ0v) is 10.6. The first-order chi connectivity index (χ1) is 6.95. The van der Waals surface area contributed by atoms with Crippen LogP contribution in [0, 0.1) is 11.8 Å². The predicted molar refractivity (Wildman–Crippen MR) is 62.6 cm³/mol. The van der Waals surface area contributed by atoms with E-state index in [0.29, 0.717) is 23.9 Å². The summed E-state index contributed by atoms with van der Waals surface area (Å²) in [4.78, 5) is 13.8. The van der Waals surface area contributed by atoms with Gasteiger partial charge in [-0.2, -0.15) is 0 Å². The van der Waals surface area contributed by atoms with Gasteiger partial charge in [0.25, 0.3) is 0 Å². The minimum atomic E-state index is 0.217. The summed E-state index contributed by atoms with van der Waals surface area (Å²) in [5, 5.41) is 3.44. The standard InChI is InChI=1S/C12H24N2O/c1-8(2)11-6-13-7-12(9(3)4)14(11)10(5)15/h8-9,11-13H,6-7H2,1-5H3/t11-,12+. The Bertz CT molecular complexity index is 210. The number of hydrogen-bond acceptors (Lipinski definition) is 2. The molecule has 0 aromatic rings. The van der Waals surface area contributed by atoms with Gasteiger partial charge in [0.15, 0.2) is 0 Å². The fourth-order valence-corrected chi connectivity index (χ4v) is 2.40. The maximum Gasteiger partial charge on any atom is 0.220 e. The number of hydrogen-bond donors (Lipinski definition) is 1. The number of nitrogens with zero attached hydrogens (tertiary/aromatic N) is 1. The van der Waals surface area contributed by atoms with Gasteiger partial charge in [0.1, 0.15) is 0 Å². The molecule has 1 rings (SSSR count). The molecule has 2 atom stereocenters. The minimum absolute atomic E-state index is 0.217. The Morgan fingerprint density at radius 3 is 1.80 bits per heavy atom. The Balaban J connectivity index is 2.85. The third-order valence-corrected chi connectivity index (χ3v) is 3.32. The second-order valence-electron chi connectivity index (χ2n) is 5.21. The fraction of sp³-hybridized carbons (Fsp3) is 0.917. The van der Waals surface area contributed by atoms with Crippen molar-refractivity contribution in [1.29, 1.82) is 0 Å². The average Bonchev–Trinajstić information content (AvgIpc) is 2.16. The summed E-state index contributed by atoms with van der Waals surface area (Å²) in [5.41, 5.74) is 0. The Hall–Kier alpha value is -0.570. The van der Waals surface area contributed by atoms with E-state index in [0.717, 1.165) is 13.1 Å². The van der Waals surface area contributed by atoms with E-state index in [9.17, 15) is 4.79 Å². The lowest BCUT2D eigenvalue weighted by atomic mass is 9.92. The van der Waals surface area contributed by atoms with E-state index < -0.39 is 0 Å². The van der Waals surface area contributed by atoms with Gasteiger partial charge in [-0.3, -0.25) is 4.79 Å². The van der Waals surface area contributed by atoms with Crippen molar-refractivity contribution >= 4 is 5.91 Å². The molecule has 0 radical (unpaired) electrons. The van der Waals surface area contributed by atoms with Crippen molar-refractivity contribution in [2.24, 2.45) is 11.8 Å². The molecule has 0 saturated carbocycles. The van der Waals surface area contributed by atoms with Crippen molar-refractivity contribution in [3.05, 3.63) is 0 Å². The van der Waals surface area contributed by atoms with E-state index in [4.69, 9.17) is 0 Å². The molecule has 0 aliphatic carbocycles. The summed E-state index contributed by atoms with van der Waals surface area (Å²) in [6, 6.07) is 0.701. The molecule has 0 aromatic heterocycles. The van der Waals surface area contributed by atoms with Gasteiger partial charge in [-0.25, -0.2) is 0 Å². The molecule has 3 heteroatoms. The second-order valence-corrected chi connectivity index (χ2v) is 5.21. The number of nitrogens with one attached hydrogen (secondary N) is 1. The number of rotatable bonds is 2. The maximum atomic E-state index is 11.7. The van der Waals surface area contributed by atoms with Gasteiger partial charge in [0, 0.05) is 32.1 Å². The summed E-state index contributed by atoms with van der Waals surface area (Å²) in [6.45, 7) is 12.3. The lowest BCUT2D eigenvalue weighted by Crippen LogP contribution is -2.62. The Kier molecular flexibility index (Phi) is 4.14. The van der Waals surface area contributed by atoms with E-state index >= 15 is 0 Å². The molecule has 88 valence electrons. The highest BCUT2D eigenvalue weighted by atomic mass is 16.2. The highest BCUT2D eigenvalue weighted by Gasteiger charge is 2.35. The van der Waals surface area contributed by atoms with Crippen LogP contribution < -0.4 is 5.32 Å². The first-order valence-corrected chi connectivity index (χ1v) is 5.94. The molecule has 1 N–H and O–H groups in total. The molecule has 1 aliphatic rings. The molecule has 1 aliphatic heterocycles. The van der Waals surface area contributed by atoms with Crippen molar-refractivity contribution < 1.29 is 4.79 Å². The highest BCUT2D eigenvalue weighted by molar-refractivity contribution is 5.74. The van der Waals surface area contributed by atoms with Crippen LogP contribution in [-0.2, 0) is 4.79 Å². The first kappa shape index (κ1) is 12.5. The van der Waals surface area contributed by atoms with Crippen molar-refractivity contribution in [2.45, 2.75) is 46.7 Å². The van der Waals surface area contributed by atoms with Crippen molar-refractivity contribution in [1.82, 2.24) is 10.2 Å². The molecule has 15 heavy (non-hydrogen) atoms. The van der Waals surface area contributed by atoms with Crippen LogP contribution in [0.1, 0.15) is 34.6 Å². The Morgan fingerprint density at radius 1 is 1.13 bits per heavy atom. The molecule has 1 saturated heterocycles. The third kappa shape index (κ3) is 2.71. The van der Waals surface area contributed by atoms with Gasteiger partial charge < -0.3 is 10.2 Å². The SMILES string of the molecule is CC(=O)N1[C@@H](C(C)C)CNC[C@H]1C(C)C. The van der Waals surface area contributed by atoms with Crippen molar-refractivity contribution in [3.63, 3.8) is 0 Å². The van der Waals surface area contributed by atoms with E-state index in [-0.39, 0.29) is 5.91 Å².